The van der Waals surface area contributed by atoms with Gasteiger partial charge in [-0.05, 0) is 62.4 Å². The highest BCUT2D eigenvalue weighted by molar-refractivity contribution is 6.04. The zero-order valence-corrected chi connectivity index (χ0v) is 13.9. The lowest BCUT2D eigenvalue weighted by molar-refractivity contribution is 0.101. The van der Waals surface area contributed by atoms with Crippen molar-refractivity contribution in [3.05, 3.63) is 71.4 Å². The van der Waals surface area contributed by atoms with Crippen molar-refractivity contribution in [2.75, 3.05) is 5.32 Å². The highest BCUT2D eigenvalue weighted by Gasteiger charge is 2.09. The smallest absolute Gasteiger partial charge is 0.256 e. The van der Waals surface area contributed by atoms with Crippen LogP contribution in [-0.2, 0) is 0 Å². The van der Waals surface area contributed by atoms with E-state index in [-0.39, 0.29) is 11.7 Å². The SMILES string of the molecule is CC(=O)c1ccc(Oc2ccc(C(=O)Nc3[nH]ncc3C)cc2)cc1. The third kappa shape index (κ3) is 3.92. The fraction of sp³-hybridized carbons (Fsp3) is 0.105. The second-order valence-electron chi connectivity index (χ2n) is 5.59. The number of ether oxygens (including phenoxy) is 1. The highest BCUT2D eigenvalue weighted by atomic mass is 16.5. The predicted octanol–water partition coefficient (Wildman–Crippen LogP) is 3.97. The van der Waals surface area contributed by atoms with Crippen LogP contribution in [0.1, 0.15) is 33.2 Å². The largest absolute Gasteiger partial charge is 0.457 e. The molecule has 0 bridgehead atoms. The molecule has 0 saturated carbocycles. The number of hydrogen-bond donors (Lipinski definition) is 2. The Morgan fingerprint density at radius 2 is 1.52 bits per heavy atom. The predicted molar refractivity (Wildman–Crippen MR) is 94.2 cm³/mol. The number of aromatic amines is 1. The van der Waals surface area contributed by atoms with Gasteiger partial charge in [-0.2, -0.15) is 5.10 Å². The molecule has 1 amide bonds. The van der Waals surface area contributed by atoms with E-state index in [1.165, 1.54) is 6.92 Å². The van der Waals surface area contributed by atoms with Crippen LogP contribution in [-0.4, -0.2) is 21.9 Å². The van der Waals surface area contributed by atoms with Gasteiger partial charge in [0, 0.05) is 16.7 Å². The van der Waals surface area contributed by atoms with Crippen LogP contribution in [0, 0.1) is 6.92 Å². The van der Waals surface area contributed by atoms with Crippen LogP contribution in [0.5, 0.6) is 11.5 Å². The molecule has 2 aromatic carbocycles. The summed E-state index contributed by atoms with van der Waals surface area (Å²) >= 11 is 0. The van der Waals surface area contributed by atoms with Crippen molar-refractivity contribution < 1.29 is 14.3 Å². The molecule has 6 nitrogen and oxygen atoms in total. The van der Waals surface area contributed by atoms with E-state index in [1.807, 2.05) is 6.92 Å². The van der Waals surface area contributed by atoms with Crippen molar-refractivity contribution in [1.82, 2.24) is 10.2 Å². The number of nitrogens with one attached hydrogen (secondary N) is 2. The summed E-state index contributed by atoms with van der Waals surface area (Å²) in [6.45, 7) is 3.37. The lowest BCUT2D eigenvalue weighted by Gasteiger charge is -2.08. The van der Waals surface area contributed by atoms with Crippen molar-refractivity contribution in [1.29, 1.82) is 0 Å². The van der Waals surface area contributed by atoms with E-state index >= 15 is 0 Å². The lowest BCUT2D eigenvalue weighted by Crippen LogP contribution is -2.12. The van der Waals surface area contributed by atoms with Gasteiger partial charge in [0.05, 0.1) is 6.20 Å². The maximum absolute atomic E-state index is 12.2. The number of benzene rings is 2. The van der Waals surface area contributed by atoms with Crippen molar-refractivity contribution in [2.45, 2.75) is 13.8 Å². The molecule has 1 heterocycles. The Hall–Kier alpha value is -3.41. The Bertz CT molecular complexity index is 896. The van der Waals surface area contributed by atoms with Crippen molar-refractivity contribution in [3.63, 3.8) is 0 Å². The number of rotatable bonds is 5. The Labute approximate surface area is 144 Å². The minimum absolute atomic E-state index is 0.00872. The van der Waals surface area contributed by atoms with Crippen LogP contribution < -0.4 is 10.1 Å². The molecule has 0 fully saturated rings. The summed E-state index contributed by atoms with van der Waals surface area (Å²) < 4.78 is 5.71. The number of hydrogen-bond acceptors (Lipinski definition) is 4. The van der Waals surface area contributed by atoms with E-state index in [0.29, 0.717) is 28.4 Å². The Kier molecular flexibility index (Phi) is 4.61. The van der Waals surface area contributed by atoms with Crippen molar-refractivity contribution >= 4 is 17.5 Å². The van der Waals surface area contributed by atoms with E-state index in [9.17, 15) is 9.59 Å². The van der Waals surface area contributed by atoms with Crippen LogP contribution in [0.3, 0.4) is 0 Å². The second kappa shape index (κ2) is 7.00. The first-order valence-corrected chi connectivity index (χ1v) is 7.73. The van der Waals surface area contributed by atoms with Gasteiger partial charge >= 0.3 is 0 Å². The Morgan fingerprint density at radius 3 is 2.00 bits per heavy atom. The van der Waals surface area contributed by atoms with Gasteiger partial charge in [0.1, 0.15) is 17.3 Å². The van der Waals surface area contributed by atoms with Crippen LogP contribution in [0.2, 0.25) is 0 Å². The molecule has 6 heteroatoms. The summed E-state index contributed by atoms with van der Waals surface area (Å²) in [4.78, 5) is 23.5. The summed E-state index contributed by atoms with van der Waals surface area (Å²) in [7, 11) is 0. The van der Waals surface area contributed by atoms with Gasteiger partial charge in [-0.3, -0.25) is 14.7 Å². The first-order chi connectivity index (χ1) is 12.0. The third-order valence-electron chi connectivity index (χ3n) is 3.68. The molecule has 0 aliphatic carbocycles. The summed E-state index contributed by atoms with van der Waals surface area (Å²) in [6, 6.07) is 13.7. The summed E-state index contributed by atoms with van der Waals surface area (Å²) in [5.41, 5.74) is 2.00. The standard InChI is InChI=1S/C19H17N3O3/c1-12-11-20-22-18(12)21-19(24)15-5-9-17(10-6-15)25-16-7-3-14(4-8-16)13(2)23/h3-11H,1-2H3,(H2,20,21,22,24). The molecule has 0 unspecified atom stereocenters. The van der Waals surface area contributed by atoms with Gasteiger partial charge in [-0.15, -0.1) is 0 Å². The molecule has 0 radical (unpaired) electrons. The number of nitrogens with zero attached hydrogens (tertiary/aromatic N) is 1. The van der Waals surface area contributed by atoms with E-state index < -0.39 is 0 Å². The molecule has 3 aromatic rings. The number of aromatic nitrogens is 2. The monoisotopic (exact) mass is 335 g/mol. The van der Waals surface area contributed by atoms with Crippen LogP contribution in [0.4, 0.5) is 5.82 Å². The third-order valence-corrected chi connectivity index (χ3v) is 3.68. The molecule has 0 atom stereocenters. The molecule has 25 heavy (non-hydrogen) atoms. The number of aryl methyl sites for hydroxylation is 1. The average Bonchev–Trinajstić information content (AvgIpc) is 3.01. The highest BCUT2D eigenvalue weighted by Crippen LogP contribution is 2.22. The zero-order chi connectivity index (χ0) is 17.8. The molecule has 3 rings (SSSR count). The van der Waals surface area contributed by atoms with Crippen LogP contribution in [0.15, 0.2) is 54.7 Å². The molecule has 0 saturated heterocycles. The normalized spacial score (nSPS) is 10.3. The second-order valence-corrected chi connectivity index (χ2v) is 5.59. The van der Waals surface area contributed by atoms with Gasteiger partial charge in [0.2, 0.25) is 0 Å². The first-order valence-electron chi connectivity index (χ1n) is 7.73. The van der Waals surface area contributed by atoms with E-state index in [0.717, 1.165) is 5.56 Å². The summed E-state index contributed by atoms with van der Waals surface area (Å²) in [6.07, 6.45) is 1.64. The van der Waals surface area contributed by atoms with Crippen molar-refractivity contribution in [2.24, 2.45) is 0 Å². The number of carbonyl (C=O) groups excluding carboxylic acids is 2. The summed E-state index contributed by atoms with van der Waals surface area (Å²) in [5.74, 6) is 1.58. The minimum atomic E-state index is -0.232. The molecule has 0 spiro atoms. The zero-order valence-electron chi connectivity index (χ0n) is 13.9. The number of H-pyrrole nitrogens is 1. The lowest BCUT2D eigenvalue weighted by atomic mass is 10.1. The molecule has 0 aliphatic heterocycles. The van der Waals surface area contributed by atoms with Gasteiger partial charge in [0.25, 0.3) is 5.91 Å². The van der Waals surface area contributed by atoms with E-state index in [2.05, 4.69) is 15.5 Å². The molecular formula is C19H17N3O3. The summed E-state index contributed by atoms with van der Waals surface area (Å²) in [5, 5.41) is 9.36. The maximum Gasteiger partial charge on any atom is 0.256 e. The topological polar surface area (TPSA) is 84.1 Å². The number of ketones is 1. The van der Waals surface area contributed by atoms with Gasteiger partial charge in [-0.1, -0.05) is 0 Å². The first kappa shape index (κ1) is 16.4. The fourth-order valence-corrected chi connectivity index (χ4v) is 2.23. The van der Waals surface area contributed by atoms with Crippen LogP contribution >= 0.6 is 0 Å². The molecule has 2 N–H and O–H groups in total. The Morgan fingerprint density at radius 1 is 0.960 bits per heavy atom. The van der Waals surface area contributed by atoms with E-state index in [1.54, 1.807) is 54.7 Å². The van der Waals surface area contributed by atoms with Gasteiger partial charge in [0.15, 0.2) is 5.78 Å². The number of carbonyl (C=O) groups is 2. The van der Waals surface area contributed by atoms with E-state index in [4.69, 9.17) is 4.74 Å². The molecule has 0 aliphatic rings. The quantitative estimate of drug-likeness (QED) is 0.691. The van der Waals surface area contributed by atoms with Crippen LogP contribution in [0.25, 0.3) is 0 Å². The Balaban J connectivity index is 1.66. The fourth-order valence-electron chi connectivity index (χ4n) is 2.23. The number of Topliss-reactive ketones (excluding diaryl/α,β-unsaturated/α-hetero) is 1. The van der Waals surface area contributed by atoms with Crippen molar-refractivity contribution in [3.8, 4) is 11.5 Å². The number of anilines is 1. The molecule has 1 aromatic heterocycles. The van der Waals surface area contributed by atoms with Gasteiger partial charge in [-0.25, -0.2) is 0 Å². The average molecular weight is 335 g/mol. The maximum atomic E-state index is 12.2. The molecular weight excluding hydrogens is 318 g/mol. The molecule has 126 valence electrons. The minimum Gasteiger partial charge on any atom is -0.457 e. The van der Waals surface area contributed by atoms with Gasteiger partial charge < -0.3 is 10.1 Å². The number of amides is 1.